The van der Waals surface area contributed by atoms with Gasteiger partial charge in [0.1, 0.15) is 18.2 Å². The Kier molecular flexibility index (Phi) is 11.5. The van der Waals surface area contributed by atoms with Crippen molar-refractivity contribution in [3.05, 3.63) is 97.1 Å². The number of carbonyl (C=O) groups excluding carboxylic acids is 4. The number of nitrogens with zero attached hydrogens (tertiary/aromatic N) is 2. The fraction of sp³-hybridized carbons (Fsp3) is 0.459. The second-order valence-electron chi connectivity index (χ2n) is 12.6. The van der Waals surface area contributed by atoms with Crippen LogP contribution in [-0.4, -0.2) is 87.0 Å². The Labute approximate surface area is 290 Å². The van der Waals surface area contributed by atoms with Crippen molar-refractivity contribution < 1.29 is 33.8 Å². The van der Waals surface area contributed by atoms with Gasteiger partial charge < -0.3 is 29.7 Å². The number of ether oxygens (including phenoxy) is 2. The number of nitrogens with one attached hydrogen (secondary N) is 1. The van der Waals surface area contributed by atoms with Crippen molar-refractivity contribution in [1.29, 1.82) is 0 Å². The molecule has 3 fully saturated rings. The van der Waals surface area contributed by atoms with Crippen molar-refractivity contribution in [3.63, 3.8) is 0 Å². The van der Waals surface area contributed by atoms with E-state index in [1.807, 2.05) is 67.6 Å². The summed E-state index contributed by atoms with van der Waals surface area (Å²) in [5.41, 5.74) is 0.347. The van der Waals surface area contributed by atoms with E-state index in [-0.39, 0.29) is 49.4 Å². The molecule has 1 unspecified atom stereocenters. The van der Waals surface area contributed by atoms with E-state index in [1.54, 1.807) is 17.1 Å². The van der Waals surface area contributed by atoms with E-state index in [9.17, 15) is 24.3 Å². The van der Waals surface area contributed by atoms with Gasteiger partial charge in [-0.15, -0.1) is 13.2 Å². The van der Waals surface area contributed by atoms with Gasteiger partial charge in [-0.3, -0.25) is 19.2 Å². The minimum Gasteiger partial charge on any atom is -0.463 e. The van der Waals surface area contributed by atoms with Gasteiger partial charge in [0.2, 0.25) is 17.7 Å². The molecule has 10 nitrogen and oxygen atoms in total. The molecule has 2 N–H and O–H groups in total. The quantitative estimate of drug-likeness (QED) is 0.152. The topological polar surface area (TPSA) is 125 Å². The van der Waals surface area contributed by atoms with Gasteiger partial charge in [0.25, 0.3) is 0 Å². The van der Waals surface area contributed by atoms with Crippen LogP contribution in [0.2, 0.25) is 0 Å². The molecule has 3 aliphatic rings. The lowest BCUT2D eigenvalue weighted by Crippen LogP contribution is -2.58. The zero-order chi connectivity index (χ0) is 34.4. The Hall–Kier alpha value is -3.80. The van der Waals surface area contributed by atoms with Crippen molar-refractivity contribution in [2.24, 2.45) is 11.8 Å². The number of hydrogen-bond acceptors (Lipinski definition) is 7. The fourth-order valence-electron chi connectivity index (χ4n) is 7.46. The number of rotatable bonds is 16. The van der Waals surface area contributed by atoms with Gasteiger partial charge in [-0.2, -0.15) is 0 Å². The summed E-state index contributed by atoms with van der Waals surface area (Å²) >= 11 is 3.73. The van der Waals surface area contributed by atoms with Gasteiger partial charge in [-0.1, -0.05) is 95.7 Å². The second kappa shape index (κ2) is 15.6. The van der Waals surface area contributed by atoms with Gasteiger partial charge in [0, 0.05) is 24.3 Å². The number of fused-ring (bicyclic) bond motifs is 1. The summed E-state index contributed by atoms with van der Waals surface area (Å²) in [7, 11) is 0. The Morgan fingerprint density at radius 3 is 2.46 bits per heavy atom. The molecule has 3 aliphatic heterocycles. The summed E-state index contributed by atoms with van der Waals surface area (Å²) < 4.78 is 12.2. The van der Waals surface area contributed by atoms with Crippen LogP contribution in [0.3, 0.4) is 0 Å². The Morgan fingerprint density at radius 1 is 1.15 bits per heavy atom. The third kappa shape index (κ3) is 6.86. The van der Waals surface area contributed by atoms with Gasteiger partial charge >= 0.3 is 5.97 Å². The van der Waals surface area contributed by atoms with E-state index in [1.165, 1.54) is 4.90 Å². The molecule has 48 heavy (non-hydrogen) atoms. The lowest BCUT2D eigenvalue weighted by Gasteiger charge is -2.39. The molecule has 5 rings (SSSR count). The van der Waals surface area contributed by atoms with Gasteiger partial charge in [-0.05, 0) is 30.4 Å². The summed E-state index contributed by atoms with van der Waals surface area (Å²) in [6, 6.07) is 16.3. The molecule has 3 amide bonds. The molecule has 3 heterocycles. The number of esters is 1. The maximum Gasteiger partial charge on any atom is 0.306 e. The summed E-state index contributed by atoms with van der Waals surface area (Å²) in [6.45, 7) is 9.43. The van der Waals surface area contributed by atoms with Crippen molar-refractivity contribution in [2.45, 2.75) is 73.8 Å². The van der Waals surface area contributed by atoms with Crippen LogP contribution in [0, 0.1) is 11.8 Å². The van der Waals surface area contributed by atoms with Gasteiger partial charge in [-0.25, -0.2) is 0 Å². The average Bonchev–Trinajstić information content (AvgIpc) is 3.70. The van der Waals surface area contributed by atoms with E-state index in [0.29, 0.717) is 19.3 Å². The highest BCUT2D eigenvalue weighted by atomic mass is 79.9. The lowest BCUT2D eigenvalue weighted by atomic mass is 9.70. The van der Waals surface area contributed by atoms with E-state index >= 15 is 0 Å². The molecule has 2 aromatic rings. The zero-order valence-corrected chi connectivity index (χ0v) is 28.8. The summed E-state index contributed by atoms with van der Waals surface area (Å²) in [5.74, 6) is -3.45. The first-order chi connectivity index (χ1) is 23.2. The first-order valence-corrected chi connectivity index (χ1v) is 17.4. The molecule has 0 aromatic heterocycles. The number of benzene rings is 2. The SMILES string of the molecule is C=CCCC(=O)OC[C@H](NC(=O)[C@@H]1[C@H]2O[C@@]3(CC2Br)[C@H](C(=O)N(CC=C)Cc2ccccc2)N([C@@H](CC)CO)C(=O)[C@@H]13)c1ccccc1. The second-order valence-corrected chi connectivity index (χ2v) is 13.8. The monoisotopic (exact) mass is 721 g/mol. The maximum absolute atomic E-state index is 14.7. The molecule has 0 aliphatic carbocycles. The number of hydrogen-bond donors (Lipinski definition) is 2. The smallest absolute Gasteiger partial charge is 0.306 e. The Bertz CT molecular complexity index is 1490. The number of likely N-dealkylation sites (tertiary alicyclic amines) is 1. The number of halogens is 1. The molecule has 2 bridgehead atoms. The molecular weight excluding hydrogens is 678 g/mol. The third-order valence-corrected chi connectivity index (χ3v) is 10.5. The van der Waals surface area contributed by atoms with E-state index in [2.05, 4.69) is 34.4 Å². The number of amides is 3. The largest absolute Gasteiger partial charge is 0.463 e. The standard InChI is InChI=1S/C37H44BrN3O7/c1-4-7-18-29(43)47-23-28(25-16-12-9-13-17-25)39-34(44)30-31-35(45)41(26(6-3)22-42)33(37(31)20-27(38)32(30)48-37)36(46)40(19-5-2)21-24-14-10-8-11-15-24/h4-5,8-17,26-28,30-33,42H,1-2,6-7,18-23H2,3H3,(H,39,44)/t26-,27?,28-,30-,31+,32-,33-,37+/m0/s1. The predicted octanol–water partition coefficient (Wildman–Crippen LogP) is 4.09. The summed E-state index contributed by atoms with van der Waals surface area (Å²) in [6.07, 6.45) is 3.98. The van der Waals surface area contributed by atoms with Gasteiger partial charge in [0.05, 0.1) is 36.6 Å². The number of alkyl halides is 1. The zero-order valence-electron chi connectivity index (χ0n) is 27.2. The Morgan fingerprint density at radius 2 is 1.83 bits per heavy atom. The molecule has 3 saturated heterocycles. The first-order valence-electron chi connectivity index (χ1n) is 16.5. The van der Waals surface area contributed by atoms with Crippen LogP contribution in [0.1, 0.15) is 49.8 Å². The van der Waals surface area contributed by atoms with Crippen LogP contribution >= 0.6 is 15.9 Å². The highest BCUT2D eigenvalue weighted by Crippen LogP contribution is 2.60. The highest BCUT2D eigenvalue weighted by molar-refractivity contribution is 9.09. The van der Waals surface area contributed by atoms with E-state index in [4.69, 9.17) is 9.47 Å². The molecule has 1 spiro atoms. The minimum atomic E-state index is -1.30. The molecule has 8 atom stereocenters. The van der Waals surface area contributed by atoms with Crippen LogP contribution in [0.4, 0.5) is 0 Å². The number of aliphatic hydroxyl groups excluding tert-OH is 1. The lowest BCUT2D eigenvalue weighted by molar-refractivity contribution is -0.151. The number of aliphatic hydroxyl groups is 1. The van der Waals surface area contributed by atoms with E-state index in [0.717, 1.165) is 11.1 Å². The van der Waals surface area contributed by atoms with Crippen molar-refractivity contribution in [3.8, 4) is 0 Å². The fourth-order valence-corrected chi connectivity index (χ4v) is 8.40. The molecule has 11 heteroatoms. The normalized spacial score (nSPS) is 26.8. The van der Waals surface area contributed by atoms with Crippen LogP contribution in [0.15, 0.2) is 86.0 Å². The predicted molar refractivity (Wildman–Crippen MR) is 183 cm³/mol. The van der Waals surface area contributed by atoms with Crippen molar-refractivity contribution >= 4 is 39.6 Å². The minimum absolute atomic E-state index is 0.100. The Balaban J connectivity index is 1.48. The molecule has 0 saturated carbocycles. The molecule has 0 radical (unpaired) electrons. The summed E-state index contributed by atoms with van der Waals surface area (Å²) in [4.78, 5) is 58.8. The van der Waals surface area contributed by atoms with Crippen LogP contribution in [-0.2, 0) is 35.2 Å². The highest BCUT2D eigenvalue weighted by Gasteiger charge is 2.77. The molecule has 2 aromatic carbocycles. The van der Waals surface area contributed by atoms with Crippen molar-refractivity contribution in [1.82, 2.24) is 15.1 Å². The maximum atomic E-state index is 14.7. The summed E-state index contributed by atoms with van der Waals surface area (Å²) in [5, 5.41) is 13.5. The number of carbonyl (C=O) groups is 4. The van der Waals surface area contributed by atoms with Crippen LogP contribution in [0.25, 0.3) is 0 Å². The third-order valence-electron chi connectivity index (χ3n) is 9.70. The molecular formula is C37H44BrN3O7. The molecule has 256 valence electrons. The van der Waals surface area contributed by atoms with Gasteiger partial charge in [0.15, 0.2) is 0 Å². The van der Waals surface area contributed by atoms with E-state index < -0.39 is 53.5 Å². The van der Waals surface area contributed by atoms with Crippen LogP contribution in [0.5, 0.6) is 0 Å². The average molecular weight is 723 g/mol. The van der Waals surface area contributed by atoms with Crippen molar-refractivity contribution in [2.75, 3.05) is 19.8 Å². The van der Waals surface area contributed by atoms with Crippen LogP contribution < -0.4 is 5.32 Å². The number of allylic oxidation sites excluding steroid dienone is 1. The first kappa shape index (κ1) is 35.5.